The Morgan fingerprint density at radius 3 is 2.04 bits per heavy atom. The summed E-state index contributed by atoms with van der Waals surface area (Å²) in [6.07, 6.45) is 9.34. The van der Waals surface area contributed by atoms with E-state index in [1.165, 1.54) is 13.2 Å². The number of nitrogens with one attached hydrogen (secondary N) is 2. The van der Waals surface area contributed by atoms with Gasteiger partial charge >= 0.3 is 0 Å². The van der Waals surface area contributed by atoms with Gasteiger partial charge in [-0.1, -0.05) is 0 Å². The fourth-order valence-electron chi connectivity index (χ4n) is 2.41. The number of benzene rings is 1. The fourth-order valence-corrected chi connectivity index (χ4v) is 2.41. The molecule has 9 heteroatoms. The number of rotatable bonds is 7. The van der Waals surface area contributed by atoms with Gasteiger partial charge in [0, 0.05) is 30.4 Å². The number of ether oxygens (including phenoxy) is 1. The monoisotopic (exact) mass is 378 g/mol. The van der Waals surface area contributed by atoms with Crippen molar-refractivity contribution in [2.75, 3.05) is 7.11 Å². The minimum absolute atomic E-state index is 0.207. The molecular weight excluding hydrogens is 360 g/mol. The van der Waals surface area contributed by atoms with Gasteiger partial charge in [0.1, 0.15) is 5.75 Å². The lowest BCUT2D eigenvalue weighted by molar-refractivity contribution is 0.0947. The molecule has 2 aromatic heterocycles. The quantitative estimate of drug-likeness (QED) is 0.632. The van der Waals surface area contributed by atoms with Gasteiger partial charge in [-0.15, -0.1) is 0 Å². The van der Waals surface area contributed by atoms with Crippen LogP contribution in [0, 0.1) is 0 Å². The van der Waals surface area contributed by atoms with Crippen LogP contribution in [0.5, 0.6) is 5.75 Å². The Balaban J connectivity index is 1.70. The summed E-state index contributed by atoms with van der Waals surface area (Å²) < 4.78 is 5.24. The highest BCUT2D eigenvalue weighted by Crippen LogP contribution is 2.20. The summed E-state index contributed by atoms with van der Waals surface area (Å²) in [5.74, 6) is -0.357. The molecular formula is C19H18N6O3. The first-order valence-electron chi connectivity index (χ1n) is 8.41. The summed E-state index contributed by atoms with van der Waals surface area (Å²) in [7, 11) is 1.46. The Kier molecular flexibility index (Phi) is 6.19. The van der Waals surface area contributed by atoms with Crippen LogP contribution in [0.25, 0.3) is 0 Å². The molecule has 0 unspecified atom stereocenters. The van der Waals surface area contributed by atoms with Crippen LogP contribution in [0.4, 0.5) is 0 Å². The van der Waals surface area contributed by atoms with Gasteiger partial charge in [-0.05, 0) is 18.2 Å². The minimum atomic E-state index is -0.383. The molecule has 2 heterocycles. The second kappa shape index (κ2) is 9.17. The molecule has 0 atom stereocenters. The van der Waals surface area contributed by atoms with E-state index in [0.717, 1.165) is 0 Å². The second-order valence-corrected chi connectivity index (χ2v) is 5.67. The summed E-state index contributed by atoms with van der Waals surface area (Å²) in [5.41, 5.74) is 1.83. The highest BCUT2D eigenvalue weighted by Gasteiger charge is 2.16. The number of nitrogens with zero attached hydrogens (tertiary/aromatic N) is 4. The molecule has 0 aliphatic rings. The van der Waals surface area contributed by atoms with E-state index in [9.17, 15) is 9.59 Å². The third kappa shape index (κ3) is 4.85. The number of aromatic nitrogens is 4. The smallest absolute Gasteiger partial charge is 0.255 e. The third-order valence-electron chi connectivity index (χ3n) is 3.80. The van der Waals surface area contributed by atoms with E-state index in [1.807, 2.05) is 0 Å². The molecule has 0 spiro atoms. The highest BCUT2D eigenvalue weighted by atomic mass is 16.5. The van der Waals surface area contributed by atoms with Gasteiger partial charge in [0.15, 0.2) is 0 Å². The Morgan fingerprint density at radius 2 is 1.50 bits per heavy atom. The maximum absolute atomic E-state index is 12.6. The van der Waals surface area contributed by atoms with Crippen LogP contribution >= 0.6 is 0 Å². The molecule has 0 saturated carbocycles. The Bertz CT molecular complexity index is 950. The lowest BCUT2D eigenvalue weighted by atomic mass is 10.1. The van der Waals surface area contributed by atoms with Crippen molar-refractivity contribution >= 4 is 11.8 Å². The van der Waals surface area contributed by atoms with Crippen molar-refractivity contribution < 1.29 is 14.3 Å². The molecule has 1 aromatic carbocycles. The SMILES string of the molecule is COc1ccc(C(=O)NCc2cnccn2)cc1C(=O)NCc1cnccn1. The van der Waals surface area contributed by atoms with Crippen molar-refractivity contribution in [1.82, 2.24) is 30.6 Å². The average molecular weight is 378 g/mol. The van der Waals surface area contributed by atoms with E-state index in [-0.39, 0.29) is 30.5 Å². The van der Waals surface area contributed by atoms with Gasteiger partial charge < -0.3 is 15.4 Å². The van der Waals surface area contributed by atoms with Crippen LogP contribution in [-0.2, 0) is 13.1 Å². The molecule has 9 nitrogen and oxygen atoms in total. The molecule has 3 aromatic rings. The van der Waals surface area contributed by atoms with Crippen molar-refractivity contribution in [3.8, 4) is 5.75 Å². The van der Waals surface area contributed by atoms with Gasteiger partial charge in [0.05, 0.1) is 49.5 Å². The number of hydrogen-bond donors (Lipinski definition) is 2. The molecule has 2 amide bonds. The van der Waals surface area contributed by atoms with E-state index in [4.69, 9.17) is 4.74 Å². The molecule has 0 radical (unpaired) electrons. The first-order valence-corrected chi connectivity index (χ1v) is 8.41. The van der Waals surface area contributed by atoms with Crippen molar-refractivity contribution in [3.63, 3.8) is 0 Å². The zero-order valence-corrected chi connectivity index (χ0v) is 15.1. The predicted molar refractivity (Wildman–Crippen MR) is 99.4 cm³/mol. The van der Waals surface area contributed by atoms with Gasteiger partial charge in [-0.3, -0.25) is 29.5 Å². The lowest BCUT2D eigenvalue weighted by Crippen LogP contribution is -2.26. The molecule has 0 saturated heterocycles. The van der Waals surface area contributed by atoms with Crippen molar-refractivity contribution in [1.29, 1.82) is 0 Å². The molecule has 28 heavy (non-hydrogen) atoms. The predicted octanol–water partition coefficient (Wildman–Crippen LogP) is 1.14. The second-order valence-electron chi connectivity index (χ2n) is 5.67. The number of carbonyl (C=O) groups is 2. The van der Waals surface area contributed by atoms with Crippen LogP contribution in [0.15, 0.2) is 55.4 Å². The van der Waals surface area contributed by atoms with Crippen LogP contribution in [0.3, 0.4) is 0 Å². The third-order valence-corrected chi connectivity index (χ3v) is 3.80. The summed E-state index contributed by atoms with van der Waals surface area (Å²) in [6.45, 7) is 0.436. The number of carbonyl (C=O) groups excluding carboxylic acids is 2. The van der Waals surface area contributed by atoms with E-state index in [2.05, 4.69) is 30.6 Å². The van der Waals surface area contributed by atoms with Gasteiger partial charge in [-0.2, -0.15) is 0 Å². The standard InChI is InChI=1S/C19H18N6O3/c1-28-17-3-2-13(18(26)24-11-14-9-20-4-6-22-14)8-16(17)19(27)25-12-15-10-21-5-7-23-15/h2-10H,11-12H2,1H3,(H,24,26)(H,25,27). The summed E-state index contributed by atoms with van der Waals surface area (Å²) in [4.78, 5) is 41.1. The Morgan fingerprint density at radius 1 is 0.893 bits per heavy atom. The number of amides is 2. The summed E-state index contributed by atoms with van der Waals surface area (Å²) in [6, 6.07) is 4.65. The summed E-state index contributed by atoms with van der Waals surface area (Å²) >= 11 is 0. The van der Waals surface area contributed by atoms with Crippen LogP contribution in [0.2, 0.25) is 0 Å². The van der Waals surface area contributed by atoms with Crippen LogP contribution < -0.4 is 15.4 Å². The Hall–Kier alpha value is -3.88. The molecule has 142 valence electrons. The Labute approximate surface area is 161 Å². The molecule has 3 rings (SSSR count). The van der Waals surface area contributed by atoms with Gasteiger partial charge in [-0.25, -0.2) is 0 Å². The van der Waals surface area contributed by atoms with E-state index >= 15 is 0 Å². The van der Waals surface area contributed by atoms with E-state index in [0.29, 0.717) is 22.7 Å². The highest BCUT2D eigenvalue weighted by molar-refractivity contribution is 6.01. The normalized spacial score (nSPS) is 10.2. The largest absolute Gasteiger partial charge is 0.496 e. The van der Waals surface area contributed by atoms with Crippen LogP contribution in [0.1, 0.15) is 32.1 Å². The molecule has 0 aliphatic heterocycles. The topological polar surface area (TPSA) is 119 Å². The van der Waals surface area contributed by atoms with Gasteiger partial charge in [0.25, 0.3) is 11.8 Å². The average Bonchev–Trinajstić information content (AvgIpc) is 2.76. The zero-order valence-electron chi connectivity index (χ0n) is 15.1. The molecule has 0 bridgehead atoms. The zero-order chi connectivity index (χ0) is 19.8. The number of methoxy groups -OCH3 is 1. The van der Waals surface area contributed by atoms with E-state index in [1.54, 1.807) is 49.3 Å². The minimum Gasteiger partial charge on any atom is -0.496 e. The maximum atomic E-state index is 12.6. The molecule has 0 fully saturated rings. The van der Waals surface area contributed by atoms with Gasteiger partial charge in [0.2, 0.25) is 0 Å². The van der Waals surface area contributed by atoms with Crippen molar-refractivity contribution in [3.05, 3.63) is 77.9 Å². The summed E-state index contributed by atoms with van der Waals surface area (Å²) in [5, 5.41) is 5.49. The van der Waals surface area contributed by atoms with Crippen molar-refractivity contribution in [2.45, 2.75) is 13.1 Å². The first-order chi connectivity index (χ1) is 13.7. The first kappa shape index (κ1) is 18.9. The molecule has 0 aliphatic carbocycles. The van der Waals surface area contributed by atoms with Crippen LogP contribution in [-0.4, -0.2) is 38.9 Å². The fraction of sp³-hybridized carbons (Fsp3) is 0.158. The molecule has 2 N–H and O–H groups in total. The van der Waals surface area contributed by atoms with Crippen molar-refractivity contribution in [2.24, 2.45) is 0 Å². The maximum Gasteiger partial charge on any atom is 0.255 e. The number of hydrogen-bond acceptors (Lipinski definition) is 7. The van der Waals surface area contributed by atoms with E-state index < -0.39 is 0 Å². The lowest BCUT2D eigenvalue weighted by Gasteiger charge is -2.11.